The normalized spacial score (nSPS) is 16.4. The van der Waals surface area contributed by atoms with E-state index in [9.17, 15) is 9.00 Å². The third-order valence-electron chi connectivity index (χ3n) is 10.6. The lowest BCUT2D eigenvalue weighted by Gasteiger charge is -2.28. The summed E-state index contributed by atoms with van der Waals surface area (Å²) in [6.45, 7) is 4.83. The van der Waals surface area contributed by atoms with Crippen molar-refractivity contribution in [3.63, 3.8) is 0 Å². The van der Waals surface area contributed by atoms with Gasteiger partial charge in [-0.3, -0.25) is 13.4 Å². The minimum absolute atomic E-state index is 0.0226. The van der Waals surface area contributed by atoms with Crippen molar-refractivity contribution < 1.29 is 27.3 Å². The first-order chi connectivity index (χ1) is 28.1. The Kier molecular flexibility index (Phi) is 11.3. The van der Waals surface area contributed by atoms with Gasteiger partial charge in [0.2, 0.25) is 0 Å². The number of thioether (sulfide) groups is 1. The fraction of sp³-hybridized carbons (Fsp3) is 0.273. The molecule has 10 nitrogen and oxygen atoms in total. The first kappa shape index (κ1) is 39.2. The third kappa shape index (κ3) is 7.82. The second kappa shape index (κ2) is 16.7. The molecule has 4 aromatic carbocycles. The molecule has 1 aliphatic heterocycles. The minimum atomic E-state index is -1.63. The Morgan fingerprint density at radius 1 is 1.00 bits per heavy atom. The first-order valence-electron chi connectivity index (χ1n) is 19.2. The van der Waals surface area contributed by atoms with Crippen LogP contribution in [0.25, 0.3) is 22.3 Å². The number of carbonyl (C=O) groups is 1. The molecular formula is C44H42F2N6O4S2. The highest BCUT2D eigenvalue weighted by Gasteiger charge is 2.35. The van der Waals surface area contributed by atoms with Crippen LogP contribution in [-0.4, -0.2) is 56.8 Å². The van der Waals surface area contributed by atoms with Crippen molar-refractivity contribution in [3.05, 3.63) is 143 Å². The zero-order valence-electron chi connectivity index (χ0n) is 32.4. The van der Waals surface area contributed by atoms with E-state index in [1.54, 1.807) is 58.9 Å². The van der Waals surface area contributed by atoms with Crippen LogP contribution in [0.5, 0.6) is 11.5 Å². The summed E-state index contributed by atoms with van der Waals surface area (Å²) < 4.78 is 62.7. The number of hydrogen-bond acceptors (Lipinski definition) is 8. The van der Waals surface area contributed by atoms with E-state index in [0.717, 1.165) is 28.3 Å². The number of esters is 1. The van der Waals surface area contributed by atoms with Crippen LogP contribution in [0.15, 0.2) is 108 Å². The molecule has 4 heterocycles. The standard InChI is InChI=1S/C44H42F2N6O4S2/c1-4-55-40(53)16-13-29-9-8-10-30(25-29)44(2)19-23-57-24-22-51-31(17-20-47-51)26-35-34-18-21-52(58(54)33-11-6-5-7-12-33)39(34)28-38(46)41(35)56-32-14-15-37(45)36(27-32)42-48-43(44)49-50(42)3/h5-12,14-15,17-18,20-21,25,27-28H,4,13,16,19,22-24,26H2,1-3H3. The lowest BCUT2D eigenvalue weighted by atomic mass is 9.78. The summed E-state index contributed by atoms with van der Waals surface area (Å²) in [5.41, 5.74) is 3.28. The van der Waals surface area contributed by atoms with E-state index in [0.29, 0.717) is 53.2 Å². The number of aryl methyl sites for hydroxylation is 3. The molecule has 0 saturated carbocycles. The number of nitrogens with zero attached hydrogens (tertiary/aromatic N) is 6. The van der Waals surface area contributed by atoms with Crippen molar-refractivity contribution in [2.75, 3.05) is 18.1 Å². The number of carbonyl (C=O) groups excluding carboxylic acids is 1. The van der Waals surface area contributed by atoms with Gasteiger partial charge >= 0.3 is 5.97 Å². The predicted octanol–water partition coefficient (Wildman–Crippen LogP) is 8.80. The molecule has 8 rings (SSSR count). The molecule has 4 bridgehead atoms. The Morgan fingerprint density at radius 3 is 2.67 bits per heavy atom. The summed E-state index contributed by atoms with van der Waals surface area (Å²) in [6.07, 6.45) is 5.16. The molecule has 14 heteroatoms. The van der Waals surface area contributed by atoms with Gasteiger partial charge in [0.25, 0.3) is 0 Å². The van der Waals surface area contributed by atoms with Gasteiger partial charge < -0.3 is 9.47 Å². The molecule has 0 fully saturated rings. The smallest absolute Gasteiger partial charge is 0.306 e. The number of aromatic nitrogens is 6. The van der Waals surface area contributed by atoms with Crippen molar-refractivity contribution in [2.45, 2.75) is 56.4 Å². The Morgan fingerprint density at radius 2 is 1.84 bits per heavy atom. The zero-order valence-corrected chi connectivity index (χ0v) is 34.0. The number of fused-ring (bicyclic) bond motifs is 9. The molecule has 0 amide bonds. The van der Waals surface area contributed by atoms with Gasteiger partial charge in [-0.15, -0.1) is 0 Å². The molecule has 0 saturated heterocycles. The van der Waals surface area contributed by atoms with Crippen LogP contribution in [-0.2, 0) is 52.4 Å². The average molecular weight is 821 g/mol. The summed E-state index contributed by atoms with van der Waals surface area (Å²) in [7, 11) is 0.0961. The number of rotatable bonds is 7. The zero-order chi connectivity index (χ0) is 40.4. The van der Waals surface area contributed by atoms with E-state index in [-0.39, 0.29) is 41.7 Å². The van der Waals surface area contributed by atoms with Crippen molar-refractivity contribution in [3.8, 4) is 22.9 Å². The molecule has 58 heavy (non-hydrogen) atoms. The van der Waals surface area contributed by atoms with E-state index >= 15 is 8.78 Å². The fourth-order valence-corrected chi connectivity index (χ4v) is 9.60. The first-order valence-corrected chi connectivity index (χ1v) is 21.4. The predicted molar refractivity (Wildman–Crippen MR) is 221 cm³/mol. The third-order valence-corrected chi connectivity index (χ3v) is 12.9. The van der Waals surface area contributed by atoms with Crippen LogP contribution in [0.3, 0.4) is 0 Å². The van der Waals surface area contributed by atoms with Gasteiger partial charge in [0.1, 0.15) is 11.6 Å². The molecular weight excluding hydrogens is 779 g/mol. The largest absolute Gasteiger partial charge is 0.466 e. The highest BCUT2D eigenvalue weighted by molar-refractivity contribution is 7.99. The van der Waals surface area contributed by atoms with Gasteiger partial charge in [-0.2, -0.15) is 22.0 Å². The number of benzene rings is 4. The monoisotopic (exact) mass is 820 g/mol. The van der Waals surface area contributed by atoms with E-state index in [2.05, 4.69) is 18.1 Å². The second-order valence-corrected chi connectivity index (χ2v) is 16.9. The number of hydrogen-bond donors (Lipinski definition) is 0. The highest BCUT2D eigenvalue weighted by Crippen LogP contribution is 2.40. The van der Waals surface area contributed by atoms with Gasteiger partial charge in [-0.05, 0) is 86.0 Å². The van der Waals surface area contributed by atoms with Gasteiger partial charge in [-0.25, -0.2) is 22.7 Å². The molecule has 0 spiro atoms. The van der Waals surface area contributed by atoms with Crippen molar-refractivity contribution in [2.24, 2.45) is 7.05 Å². The molecule has 2 unspecified atom stereocenters. The van der Waals surface area contributed by atoms with E-state index in [1.165, 1.54) is 24.3 Å². The Labute approximate surface area is 341 Å². The van der Waals surface area contributed by atoms with Crippen LogP contribution < -0.4 is 4.74 Å². The van der Waals surface area contributed by atoms with Gasteiger partial charge in [0.05, 0.1) is 34.5 Å². The lowest BCUT2D eigenvalue weighted by molar-refractivity contribution is -0.143. The summed E-state index contributed by atoms with van der Waals surface area (Å²) in [4.78, 5) is 17.7. The quantitative estimate of drug-likeness (QED) is 0.147. The summed E-state index contributed by atoms with van der Waals surface area (Å²) in [6, 6.07) is 26.5. The lowest BCUT2D eigenvalue weighted by Crippen LogP contribution is -2.27. The summed E-state index contributed by atoms with van der Waals surface area (Å²) in [5.74, 6) is 1.05. The maximum absolute atomic E-state index is 16.6. The highest BCUT2D eigenvalue weighted by atomic mass is 32.2. The topological polar surface area (TPSA) is 106 Å². The molecule has 298 valence electrons. The van der Waals surface area contributed by atoms with Gasteiger partial charge in [0.15, 0.2) is 34.2 Å². The van der Waals surface area contributed by atoms with Crippen LogP contribution in [0, 0.1) is 11.6 Å². The Balaban J connectivity index is 1.22. The van der Waals surface area contributed by atoms with E-state index in [1.807, 2.05) is 53.2 Å². The minimum Gasteiger partial charge on any atom is -0.466 e. The molecule has 2 atom stereocenters. The number of halogens is 2. The Hall–Kier alpha value is -5.60. The van der Waals surface area contributed by atoms with Crippen molar-refractivity contribution in [1.82, 2.24) is 28.5 Å². The maximum atomic E-state index is 16.6. The van der Waals surface area contributed by atoms with Gasteiger partial charge in [0, 0.05) is 60.7 Å². The van der Waals surface area contributed by atoms with Gasteiger partial charge in [-0.1, -0.05) is 42.5 Å². The second-order valence-electron chi connectivity index (χ2n) is 14.4. The molecule has 0 aliphatic carbocycles. The fourth-order valence-electron chi connectivity index (χ4n) is 7.42. The summed E-state index contributed by atoms with van der Waals surface area (Å²) in [5, 5.41) is 10.2. The molecule has 7 aromatic rings. The average Bonchev–Trinajstić information content (AvgIpc) is 3.97. The molecule has 3 aromatic heterocycles. The van der Waals surface area contributed by atoms with Crippen LogP contribution >= 0.6 is 11.8 Å². The van der Waals surface area contributed by atoms with Crippen LogP contribution in [0.4, 0.5) is 8.78 Å². The van der Waals surface area contributed by atoms with Crippen LogP contribution in [0.1, 0.15) is 54.9 Å². The number of ether oxygens (including phenoxy) is 2. The molecule has 0 radical (unpaired) electrons. The molecule has 0 N–H and O–H groups in total. The Bertz CT molecular complexity index is 2640. The van der Waals surface area contributed by atoms with E-state index < -0.39 is 28.0 Å². The van der Waals surface area contributed by atoms with Crippen molar-refractivity contribution in [1.29, 1.82) is 0 Å². The van der Waals surface area contributed by atoms with Crippen LogP contribution in [0.2, 0.25) is 0 Å². The SMILES string of the molecule is CCOC(=O)CCc1cccc(C2(C)CCSCCn3nccc3Cc3c(c(F)cc4c3ccn4S(=O)c3ccccc3)Oc3ccc(F)c(c3)-c3nc2nn3C)c1. The van der Waals surface area contributed by atoms with Crippen molar-refractivity contribution >= 4 is 39.6 Å². The maximum Gasteiger partial charge on any atom is 0.306 e. The summed E-state index contributed by atoms with van der Waals surface area (Å²) >= 11 is 1.77. The molecule has 1 aliphatic rings. The van der Waals surface area contributed by atoms with E-state index in [4.69, 9.17) is 19.6 Å².